The first kappa shape index (κ1) is 12.7. The normalized spacial score (nSPS) is 26.4. The van der Waals surface area contributed by atoms with Crippen LogP contribution in [0.5, 0.6) is 0 Å². The maximum absolute atomic E-state index is 9.45. The molecule has 0 radical (unpaired) electrons. The van der Waals surface area contributed by atoms with Crippen LogP contribution in [-0.2, 0) is 4.74 Å². The Morgan fingerprint density at radius 2 is 2.43 bits per heavy atom. The molecule has 1 saturated heterocycles. The molecule has 84 valence electrons. The van der Waals surface area contributed by atoms with Crippen LogP contribution in [0.25, 0.3) is 0 Å². The van der Waals surface area contributed by atoms with Crippen LogP contribution in [0.4, 0.5) is 0 Å². The van der Waals surface area contributed by atoms with Crippen molar-refractivity contribution in [3.05, 3.63) is 0 Å². The molecule has 0 bridgehead atoms. The lowest BCUT2D eigenvalue weighted by Crippen LogP contribution is -2.39. The van der Waals surface area contributed by atoms with E-state index in [0.29, 0.717) is 4.11 Å². The molecule has 0 spiro atoms. The molecular formula is C10H20INO2. The molecule has 0 aliphatic carbocycles. The lowest BCUT2D eigenvalue weighted by Gasteiger charge is -2.29. The van der Waals surface area contributed by atoms with E-state index in [1.807, 2.05) is 6.92 Å². The molecular weight excluding hydrogens is 293 g/mol. The van der Waals surface area contributed by atoms with Crippen molar-refractivity contribution >= 4 is 22.6 Å². The van der Waals surface area contributed by atoms with Crippen molar-refractivity contribution in [1.29, 1.82) is 0 Å². The summed E-state index contributed by atoms with van der Waals surface area (Å²) in [4.78, 5) is 2.33. The van der Waals surface area contributed by atoms with Gasteiger partial charge in [0.1, 0.15) is 4.11 Å². The first-order valence-corrected chi connectivity index (χ1v) is 6.59. The molecule has 1 unspecified atom stereocenters. The number of ether oxygens (including phenoxy) is 1. The van der Waals surface area contributed by atoms with E-state index in [1.165, 1.54) is 0 Å². The van der Waals surface area contributed by atoms with Gasteiger partial charge in [0, 0.05) is 19.7 Å². The molecule has 0 aromatic heterocycles. The van der Waals surface area contributed by atoms with Crippen molar-refractivity contribution in [2.75, 3.05) is 26.2 Å². The summed E-state index contributed by atoms with van der Waals surface area (Å²) in [6, 6.07) is 0. The van der Waals surface area contributed by atoms with Gasteiger partial charge in [0.05, 0.1) is 6.10 Å². The number of alkyl halides is 1. The molecule has 2 atom stereocenters. The van der Waals surface area contributed by atoms with Gasteiger partial charge in [-0.25, -0.2) is 0 Å². The Morgan fingerprint density at radius 1 is 1.64 bits per heavy atom. The fourth-order valence-corrected chi connectivity index (χ4v) is 2.02. The molecule has 4 heteroatoms. The second-order valence-electron chi connectivity index (χ2n) is 3.86. The number of rotatable bonds is 5. The lowest BCUT2D eigenvalue weighted by atomic mass is 10.1. The minimum absolute atomic E-state index is 0.104. The number of hydrogen-bond acceptors (Lipinski definition) is 3. The summed E-state index contributed by atoms with van der Waals surface area (Å²) in [5.74, 6) is 0. The van der Waals surface area contributed by atoms with E-state index < -0.39 is 0 Å². The standard InChI is InChI=1S/C10H20INO2/c1-9(11)14-7-3-6-12-5-2-4-10(13)8-12/h9-10,13H,2-8H2,1H3/t9?,10-/m0/s1. The smallest absolute Gasteiger partial charge is 0.106 e. The highest BCUT2D eigenvalue weighted by Gasteiger charge is 2.16. The number of β-amino-alcohol motifs (C(OH)–C–C–N with tert-alkyl or cyclic N) is 1. The number of aliphatic hydroxyl groups excluding tert-OH is 1. The lowest BCUT2D eigenvalue weighted by molar-refractivity contribution is 0.0607. The van der Waals surface area contributed by atoms with Gasteiger partial charge in [-0.05, 0) is 32.7 Å². The van der Waals surface area contributed by atoms with Crippen LogP contribution < -0.4 is 0 Å². The average Bonchev–Trinajstić information content (AvgIpc) is 2.12. The fraction of sp³-hybridized carbons (Fsp3) is 1.00. The van der Waals surface area contributed by atoms with Gasteiger partial charge in [-0.3, -0.25) is 0 Å². The largest absolute Gasteiger partial charge is 0.392 e. The first-order chi connectivity index (χ1) is 6.68. The van der Waals surface area contributed by atoms with Crippen molar-refractivity contribution in [2.45, 2.75) is 36.4 Å². The molecule has 0 aromatic carbocycles. The zero-order valence-corrected chi connectivity index (χ0v) is 10.9. The minimum Gasteiger partial charge on any atom is -0.392 e. The summed E-state index contributed by atoms with van der Waals surface area (Å²) in [5.41, 5.74) is 0. The van der Waals surface area contributed by atoms with Crippen molar-refractivity contribution < 1.29 is 9.84 Å². The molecule has 1 aliphatic rings. The van der Waals surface area contributed by atoms with Gasteiger partial charge < -0.3 is 14.7 Å². The Labute approximate surface area is 99.9 Å². The molecule has 1 heterocycles. The molecule has 1 aliphatic heterocycles. The molecule has 1 fully saturated rings. The second-order valence-corrected chi connectivity index (χ2v) is 5.62. The Morgan fingerprint density at radius 3 is 3.07 bits per heavy atom. The molecule has 1 N–H and O–H groups in total. The van der Waals surface area contributed by atoms with Crippen molar-refractivity contribution in [1.82, 2.24) is 4.90 Å². The number of likely N-dealkylation sites (tertiary alicyclic amines) is 1. The van der Waals surface area contributed by atoms with Gasteiger partial charge in [-0.1, -0.05) is 22.6 Å². The van der Waals surface area contributed by atoms with Crippen LogP contribution in [0.1, 0.15) is 26.2 Å². The molecule has 1 rings (SSSR count). The van der Waals surface area contributed by atoms with E-state index in [4.69, 9.17) is 4.74 Å². The minimum atomic E-state index is -0.104. The highest BCUT2D eigenvalue weighted by atomic mass is 127. The van der Waals surface area contributed by atoms with Crippen molar-refractivity contribution in [3.8, 4) is 0 Å². The first-order valence-electron chi connectivity index (χ1n) is 5.34. The van der Waals surface area contributed by atoms with Gasteiger partial charge >= 0.3 is 0 Å². The van der Waals surface area contributed by atoms with E-state index in [-0.39, 0.29) is 6.10 Å². The highest BCUT2D eigenvalue weighted by Crippen LogP contribution is 2.10. The molecule has 0 aromatic rings. The number of hydrogen-bond donors (Lipinski definition) is 1. The van der Waals surface area contributed by atoms with Gasteiger partial charge in [-0.15, -0.1) is 0 Å². The summed E-state index contributed by atoms with van der Waals surface area (Å²) in [6.45, 7) is 5.92. The molecule has 0 saturated carbocycles. The number of aliphatic hydroxyl groups is 1. The van der Waals surface area contributed by atoms with Crippen LogP contribution in [0.2, 0.25) is 0 Å². The number of halogens is 1. The average molecular weight is 313 g/mol. The van der Waals surface area contributed by atoms with Gasteiger partial charge in [-0.2, -0.15) is 0 Å². The Balaban J connectivity index is 2.00. The van der Waals surface area contributed by atoms with E-state index in [9.17, 15) is 5.11 Å². The van der Waals surface area contributed by atoms with E-state index in [0.717, 1.165) is 45.5 Å². The third-order valence-corrected chi connectivity index (χ3v) is 2.81. The number of nitrogens with zero attached hydrogens (tertiary/aromatic N) is 1. The summed E-state index contributed by atoms with van der Waals surface area (Å²) < 4.78 is 5.76. The van der Waals surface area contributed by atoms with Gasteiger partial charge in [0.2, 0.25) is 0 Å². The maximum atomic E-state index is 9.45. The predicted molar refractivity (Wildman–Crippen MR) is 65.7 cm³/mol. The van der Waals surface area contributed by atoms with E-state index >= 15 is 0 Å². The van der Waals surface area contributed by atoms with E-state index in [1.54, 1.807) is 0 Å². The highest BCUT2D eigenvalue weighted by molar-refractivity contribution is 14.1. The number of piperidine rings is 1. The van der Waals surface area contributed by atoms with Crippen LogP contribution in [0.15, 0.2) is 0 Å². The Kier molecular flexibility index (Phi) is 6.32. The SMILES string of the molecule is CC(I)OCCCN1CCC[C@H](O)C1. The zero-order chi connectivity index (χ0) is 10.4. The van der Waals surface area contributed by atoms with Crippen LogP contribution >= 0.6 is 22.6 Å². The topological polar surface area (TPSA) is 32.7 Å². The third kappa shape index (κ3) is 5.48. The van der Waals surface area contributed by atoms with Crippen LogP contribution in [0.3, 0.4) is 0 Å². The second kappa shape index (κ2) is 6.98. The summed E-state index contributed by atoms with van der Waals surface area (Å²) >= 11 is 2.26. The van der Waals surface area contributed by atoms with Crippen molar-refractivity contribution in [3.63, 3.8) is 0 Å². The van der Waals surface area contributed by atoms with Gasteiger partial charge in [0.25, 0.3) is 0 Å². The van der Waals surface area contributed by atoms with Crippen LogP contribution in [0, 0.1) is 0 Å². The molecule has 3 nitrogen and oxygen atoms in total. The molecule has 0 amide bonds. The van der Waals surface area contributed by atoms with E-state index in [2.05, 4.69) is 27.5 Å². The summed E-state index contributed by atoms with van der Waals surface area (Å²) in [7, 11) is 0. The predicted octanol–water partition coefficient (Wildman–Crippen LogP) is 1.63. The third-order valence-electron chi connectivity index (χ3n) is 2.45. The summed E-state index contributed by atoms with van der Waals surface area (Å²) in [5, 5.41) is 9.45. The monoisotopic (exact) mass is 313 g/mol. The zero-order valence-electron chi connectivity index (χ0n) is 8.79. The Hall–Kier alpha value is 0.610. The summed E-state index contributed by atoms with van der Waals surface area (Å²) in [6.07, 6.45) is 3.07. The fourth-order valence-electron chi connectivity index (χ4n) is 1.77. The van der Waals surface area contributed by atoms with Crippen LogP contribution in [-0.4, -0.2) is 46.5 Å². The maximum Gasteiger partial charge on any atom is 0.106 e. The van der Waals surface area contributed by atoms with Gasteiger partial charge in [0.15, 0.2) is 0 Å². The molecule has 14 heavy (non-hydrogen) atoms. The Bertz CT molecular complexity index is 155. The quantitative estimate of drug-likeness (QED) is 0.476. The van der Waals surface area contributed by atoms with Crippen molar-refractivity contribution in [2.24, 2.45) is 0 Å².